The monoisotopic (exact) mass is 145 g/mol. The highest BCUT2D eigenvalue weighted by atomic mass is 16.3. The minimum atomic E-state index is -0.655. The number of carbonyl (C=O) groups excluding carboxylic acids is 1. The molecule has 0 rings (SSSR count). The molecule has 10 heavy (non-hydrogen) atoms. The maximum atomic E-state index is 10.6. The van der Waals surface area contributed by atoms with Gasteiger partial charge in [0.15, 0.2) is 0 Å². The molecule has 3 nitrogen and oxygen atoms in total. The molecular formula is C7H15NO2. The van der Waals surface area contributed by atoms with Crippen LogP contribution in [0.5, 0.6) is 0 Å². The van der Waals surface area contributed by atoms with Gasteiger partial charge in [0.1, 0.15) is 6.23 Å². The number of rotatable bonds is 4. The number of carbonyl (C=O) groups is 1. The number of nitrogens with one attached hydrogen (secondary N) is 1. The summed E-state index contributed by atoms with van der Waals surface area (Å²) >= 11 is 0. The molecular weight excluding hydrogens is 130 g/mol. The van der Waals surface area contributed by atoms with Gasteiger partial charge in [0.05, 0.1) is 0 Å². The van der Waals surface area contributed by atoms with Crippen molar-refractivity contribution in [2.45, 2.75) is 39.3 Å². The van der Waals surface area contributed by atoms with Crippen molar-refractivity contribution in [2.75, 3.05) is 0 Å². The summed E-state index contributed by atoms with van der Waals surface area (Å²) in [5, 5.41) is 11.5. The first-order valence-corrected chi connectivity index (χ1v) is 3.68. The van der Waals surface area contributed by atoms with E-state index in [-0.39, 0.29) is 5.91 Å². The highest BCUT2D eigenvalue weighted by Crippen LogP contribution is 1.91. The summed E-state index contributed by atoms with van der Waals surface area (Å²) in [6.45, 7) is 3.72. The Labute approximate surface area is 61.4 Å². The van der Waals surface area contributed by atoms with Crippen LogP contribution < -0.4 is 5.32 Å². The first-order valence-electron chi connectivity index (χ1n) is 3.68. The number of amides is 1. The molecule has 0 fully saturated rings. The lowest BCUT2D eigenvalue weighted by Crippen LogP contribution is -2.33. The van der Waals surface area contributed by atoms with Crippen molar-refractivity contribution in [3.63, 3.8) is 0 Å². The van der Waals surface area contributed by atoms with E-state index in [2.05, 4.69) is 5.32 Å². The summed E-state index contributed by atoms with van der Waals surface area (Å²) in [5.74, 6) is -0.0963. The molecule has 0 heterocycles. The number of hydrogen-bond donors (Lipinski definition) is 2. The van der Waals surface area contributed by atoms with Crippen LogP contribution in [0.1, 0.15) is 33.1 Å². The number of aliphatic hydroxyl groups excluding tert-OH is 1. The zero-order valence-corrected chi connectivity index (χ0v) is 6.55. The third-order valence-corrected chi connectivity index (χ3v) is 1.21. The lowest BCUT2D eigenvalue weighted by atomic mass is 10.3. The average molecular weight is 145 g/mol. The van der Waals surface area contributed by atoms with E-state index in [0.29, 0.717) is 12.8 Å². The van der Waals surface area contributed by atoms with Crippen LogP contribution in [0.2, 0.25) is 0 Å². The van der Waals surface area contributed by atoms with Gasteiger partial charge >= 0.3 is 0 Å². The Hall–Kier alpha value is -0.570. The molecule has 0 aromatic heterocycles. The molecule has 0 aromatic rings. The number of hydrogen-bond acceptors (Lipinski definition) is 2. The summed E-state index contributed by atoms with van der Waals surface area (Å²) in [5.41, 5.74) is 0. The third kappa shape index (κ3) is 4.32. The minimum absolute atomic E-state index is 0.0963. The summed E-state index contributed by atoms with van der Waals surface area (Å²) in [6, 6.07) is 0. The SMILES string of the molecule is CCCC(O)NC(=O)CC. The normalized spacial score (nSPS) is 12.7. The second-order valence-electron chi connectivity index (χ2n) is 2.23. The van der Waals surface area contributed by atoms with Crippen LogP contribution in [0.15, 0.2) is 0 Å². The van der Waals surface area contributed by atoms with Gasteiger partial charge in [-0.1, -0.05) is 20.3 Å². The van der Waals surface area contributed by atoms with E-state index >= 15 is 0 Å². The van der Waals surface area contributed by atoms with Gasteiger partial charge in [-0.25, -0.2) is 0 Å². The smallest absolute Gasteiger partial charge is 0.221 e. The standard InChI is InChI=1S/C7H15NO2/c1-3-5-7(10)8-6(9)4-2/h7,10H,3-5H2,1-2H3,(H,8,9). The number of aliphatic hydroxyl groups is 1. The van der Waals surface area contributed by atoms with Crippen molar-refractivity contribution in [3.8, 4) is 0 Å². The molecule has 0 aliphatic rings. The Bertz CT molecular complexity index is 104. The topological polar surface area (TPSA) is 49.3 Å². The fourth-order valence-electron chi connectivity index (χ4n) is 0.633. The van der Waals surface area contributed by atoms with Crippen molar-refractivity contribution in [3.05, 3.63) is 0 Å². The zero-order valence-electron chi connectivity index (χ0n) is 6.55. The van der Waals surface area contributed by atoms with Gasteiger partial charge in [0.25, 0.3) is 0 Å². The van der Waals surface area contributed by atoms with Gasteiger partial charge in [-0.2, -0.15) is 0 Å². The molecule has 0 saturated carbocycles. The summed E-state index contributed by atoms with van der Waals surface area (Å²) in [7, 11) is 0. The molecule has 0 spiro atoms. The molecule has 1 amide bonds. The molecule has 0 radical (unpaired) electrons. The van der Waals surface area contributed by atoms with Crippen molar-refractivity contribution < 1.29 is 9.90 Å². The second-order valence-corrected chi connectivity index (χ2v) is 2.23. The zero-order chi connectivity index (χ0) is 7.98. The van der Waals surface area contributed by atoms with Gasteiger partial charge in [-0.3, -0.25) is 4.79 Å². The highest BCUT2D eigenvalue weighted by molar-refractivity contribution is 5.75. The van der Waals surface area contributed by atoms with Crippen LogP contribution in [-0.2, 0) is 4.79 Å². The maximum absolute atomic E-state index is 10.6. The van der Waals surface area contributed by atoms with E-state index in [1.807, 2.05) is 6.92 Å². The van der Waals surface area contributed by atoms with E-state index in [4.69, 9.17) is 5.11 Å². The van der Waals surface area contributed by atoms with Gasteiger partial charge < -0.3 is 10.4 Å². The summed E-state index contributed by atoms with van der Waals surface area (Å²) in [6.07, 6.45) is 1.29. The van der Waals surface area contributed by atoms with Crippen molar-refractivity contribution >= 4 is 5.91 Å². The first-order chi connectivity index (χ1) is 4.70. The van der Waals surface area contributed by atoms with E-state index in [1.54, 1.807) is 6.92 Å². The quantitative estimate of drug-likeness (QED) is 0.570. The lowest BCUT2D eigenvalue weighted by Gasteiger charge is -2.09. The van der Waals surface area contributed by atoms with Crippen LogP contribution in [0.4, 0.5) is 0 Å². The molecule has 3 heteroatoms. The predicted molar refractivity (Wildman–Crippen MR) is 39.3 cm³/mol. The molecule has 2 N–H and O–H groups in total. The van der Waals surface area contributed by atoms with Crippen LogP contribution in [0, 0.1) is 0 Å². The average Bonchev–Trinajstić information content (AvgIpc) is 1.88. The molecule has 1 unspecified atom stereocenters. The molecule has 0 aliphatic carbocycles. The Balaban J connectivity index is 3.37. The molecule has 0 bridgehead atoms. The van der Waals surface area contributed by atoms with Gasteiger partial charge in [0, 0.05) is 6.42 Å². The van der Waals surface area contributed by atoms with E-state index in [1.165, 1.54) is 0 Å². The minimum Gasteiger partial charge on any atom is -0.374 e. The van der Waals surface area contributed by atoms with Gasteiger partial charge in [0.2, 0.25) is 5.91 Å². The Morgan fingerprint density at radius 1 is 1.60 bits per heavy atom. The van der Waals surface area contributed by atoms with Crippen LogP contribution in [0.25, 0.3) is 0 Å². The molecule has 0 saturated heterocycles. The first kappa shape index (κ1) is 9.43. The Kier molecular flexibility index (Phi) is 4.94. The second kappa shape index (κ2) is 5.23. The molecule has 0 aromatic carbocycles. The maximum Gasteiger partial charge on any atom is 0.221 e. The Morgan fingerprint density at radius 2 is 2.20 bits per heavy atom. The largest absolute Gasteiger partial charge is 0.374 e. The van der Waals surface area contributed by atoms with Gasteiger partial charge in [-0.15, -0.1) is 0 Å². The Morgan fingerprint density at radius 3 is 2.60 bits per heavy atom. The van der Waals surface area contributed by atoms with Gasteiger partial charge in [-0.05, 0) is 6.42 Å². The third-order valence-electron chi connectivity index (χ3n) is 1.21. The summed E-state index contributed by atoms with van der Waals surface area (Å²) in [4.78, 5) is 10.6. The predicted octanol–water partition coefficient (Wildman–Crippen LogP) is 0.631. The van der Waals surface area contributed by atoms with Crippen molar-refractivity contribution in [2.24, 2.45) is 0 Å². The molecule has 60 valence electrons. The van der Waals surface area contributed by atoms with Crippen LogP contribution in [0.3, 0.4) is 0 Å². The molecule has 0 aliphatic heterocycles. The fourth-order valence-corrected chi connectivity index (χ4v) is 0.633. The highest BCUT2D eigenvalue weighted by Gasteiger charge is 2.03. The van der Waals surface area contributed by atoms with E-state index in [0.717, 1.165) is 6.42 Å². The van der Waals surface area contributed by atoms with E-state index < -0.39 is 6.23 Å². The van der Waals surface area contributed by atoms with Crippen LogP contribution in [-0.4, -0.2) is 17.2 Å². The fraction of sp³-hybridized carbons (Fsp3) is 0.857. The van der Waals surface area contributed by atoms with E-state index in [9.17, 15) is 4.79 Å². The summed E-state index contributed by atoms with van der Waals surface area (Å²) < 4.78 is 0. The van der Waals surface area contributed by atoms with Crippen LogP contribution >= 0.6 is 0 Å². The molecule has 1 atom stereocenters. The van der Waals surface area contributed by atoms with Crippen molar-refractivity contribution in [1.82, 2.24) is 5.32 Å². The lowest BCUT2D eigenvalue weighted by molar-refractivity contribution is -0.123. The van der Waals surface area contributed by atoms with Crippen molar-refractivity contribution in [1.29, 1.82) is 0 Å².